The summed E-state index contributed by atoms with van der Waals surface area (Å²) in [7, 11) is -2.52. The van der Waals surface area contributed by atoms with Gasteiger partial charge < -0.3 is 15.0 Å². The first kappa shape index (κ1) is 16.1. The Bertz CT molecular complexity index is 563. The highest BCUT2D eigenvalue weighted by Crippen LogP contribution is 2.20. The van der Waals surface area contributed by atoms with Crippen LogP contribution >= 0.6 is 0 Å². The second kappa shape index (κ2) is 6.67. The molecule has 1 aliphatic rings. The molecule has 0 amide bonds. The molecule has 0 radical (unpaired) electrons. The van der Waals surface area contributed by atoms with Crippen molar-refractivity contribution >= 4 is 15.5 Å². The Hall–Kier alpha value is -1.25. The minimum atomic E-state index is -4.53. The van der Waals surface area contributed by atoms with Gasteiger partial charge in [0, 0.05) is 25.3 Å². The molecule has 1 saturated heterocycles. The fourth-order valence-electron chi connectivity index (χ4n) is 2.09. The summed E-state index contributed by atoms with van der Waals surface area (Å²) >= 11 is 0. The molecule has 0 aromatic heterocycles. The first-order valence-electron chi connectivity index (χ1n) is 6.56. The van der Waals surface area contributed by atoms with E-state index >= 15 is 0 Å². The van der Waals surface area contributed by atoms with Crippen LogP contribution in [0.15, 0.2) is 29.2 Å². The fraction of sp³-hybridized carbons (Fsp3) is 0.538. The van der Waals surface area contributed by atoms with Gasteiger partial charge in [-0.1, -0.05) is 0 Å². The Morgan fingerprint density at radius 2 is 2.05 bits per heavy atom. The summed E-state index contributed by atoms with van der Waals surface area (Å²) in [6.45, 7) is 2.96. The largest absolute Gasteiger partial charge is 0.382 e. The summed E-state index contributed by atoms with van der Waals surface area (Å²) in [5.41, 5.74) is 0.667. The summed E-state index contributed by atoms with van der Waals surface area (Å²) in [5.74, 6) is -3.40. The number of halogens is 2. The quantitative estimate of drug-likeness (QED) is 0.889. The third-order valence-corrected chi connectivity index (χ3v) is 4.69. The van der Waals surface area contributed by atoms with Crippen molar-refractivity contribution in [1.82, 2.24) is 4.90 Å². The lowest BCUT2D eigenvalue weighted by Gasteiger charge is -2.30. The number of nitrogens with one attached hydrogen (secondary N) is 1. The summed E-state index contributed by atoms with van der Waals surface area (Å²) in [6.07, 6.45) is 0.0493. The second-order valence-corrected chi connectivity index (χ2v) is 6.88. The third kappa shape index (κ3) is 4.12. The summed E-state index contributed by atoms with van der Waals surface area (Å²) in [5, 5.41) is 3.11. The van der Waals surface area contributed by atoms with Crippen LogP contribution in [0.25, 0.3) is 0 Å². The van der Waals surface area contributed by atoms with Gasteiger partial charge in [-0.15, -0.1) is 0 Å². The molecule has 1 heterocycles. The Morgan fingerprint density at radius 1 is 1.38 bits per heavy atom. The van der Waals surface area contributed by atoms with Gasteiger partial charge in [-0.05, 0) is 31.3 Å². The number of hydrogen-bond donors (Lipinski definition) is 1. The van der Waals surface area contributed by atoms with E-state index in [1.807, 2.05) is 7.05 Å². The Balaban J connectivity index is 1.94. The van der Waals surface area contributed by atoms with Crippen LogP contribution in [0.5, 0.6) is 0 Å². The lowest BCUT2D eigenvalue weighted by atomic mass is 10.2. The van der Waals surface area contributed by atoms with Crippen LogP contribution in [0.4, 0.5) is 14.5 Å². The maximum absolute atomic E-state index is 12.4. The predicted molar refractivity (Wildman–Crippen MR) is 75.4 cm³/mol. The van der Waals surface area contributed by atoms with Gasteiger partial charge in [-0.25, -0.2) is 8.42 Å². The van der Waals surface area contributed by atoms with Crippen molar-refractivity contribution in [3.8, 4) is 0 Å². The number of nitrogens with zero attached hydrogens (tertiary/aromatic N) is 1. The van der Waals surface area contributed by atoms with Gasteiger partial charge in [-0.3, -0.25) is 0 Å². The Labute approximate surface area is 122 Å². The van der Waals surface area contributed by atoms with Crippen molar-refractivity contribution < 1.29 is 21.9 Å². The molecule has 1 fully saturated rings. The number of sulfone groups is 1. The van der Waals surface area contributed by atoms with Crippen molar-refractivity contribution in [2.75, 3.05) is 38.6 Å². The van der Waals surface area contributed by atoms with Crippen LogP contribution in [0.2, 0.25) is 0 Å². The topological polar surface area (TPSA) is 58.6 Å². The molecule has 118 valence electrons. The fourth-order valence-corrected chi connectivity index (χ4v) is 2.81. The van der Waals surface area contributed by atoms with E-state index in [1.165, 1.54) is 24.3 Å². The van der Waals surface area contributed by atoms with E-state index in [0.717, 1.165) is 13.1 Å². The van der Waals surface area contributed by atoms with E-state index in [0.29, 0.717) is 18.8 Å². The van der Waals surface area contributed by atoms with Gasteiger partial charge >= 0.3 is 5.76 Å². The Kier molecular flexibility index (Phi) is 5.13. The van der Waals surface area contributed by atoms with Crippen molar-refractivity contribution in [3.63, 3.8) is 0 Å². The van der Waals surface area contributed by atoms with Gasteiger partial charge in [0.15, 0.2) is 0 Å². The first-order chi connectivity index (χ1) is 9.89. The van der Waals surface area contributed by atoms with Crippen LogP contribution in [-0.4, -0.2) is 58.5 Å². The first-order valence-corrected chi connectivity index (χ1v) is 8.10. The molecule has 21 heavy (non-hydrogen) atoms. The number of anilines is 1. The van der Waals surface area contributed by atoms with Crippen molar-refractivity contribution in [1.29, 1.82) is 0 Å². The zero-order valence-electron chi connectivity index (χ0n) is 11.6. The van der Waals surface area contributed by atoms with E-state index in [-0.39, 0.29) is 11.0 Å². The van der Waals surface area contributed by atoms with Crippen molar-refractivity contribution in [3.05, 3.63) is 24.3 Å². The number of hydrogen-bond acceptors (Lipinski definition) is 5. The zero-order valence-corrected chi connectivity index (χ0v) is 12.4. The molecule has 2 rings (SSSR count). The molecule has 1 aromatic carbocycles. The van der Waals surface area contributed by atoms with Crippen molar-refractivity contribution in [2.45, 2.75) is 16.8 Å². The minimum Gasteiger partial charge on any atom is -0.382 e. The highest BCUT2D eigenvalue weighted by molar-refractivity contribution is 7.91. The lowest BCUT2D eigenvalue weighted by molar-refractivity contribution is -0.0117. The zero-order chi connectivity index (χ0) is 15.5. The second-order valence-electron chi connectivity index (χ2n) is 4.97. The molecule has 1 N–H and O–H groups in total. The molecular formula is C13H18F2N2O3S. The van der Waals surface area contributed by atoms with Crippen molar-refractivity contribution in [2.24, 2.45) is 0 Å². The molecule has 1 aromatic rings. The molecular weight excluding hydrogens is 302 g/mol. The highest BCUT2D eigenvalue weighted by Gasteiger charge is 2.26. The standard InChI is InChI=1S/C13H18F2N2O3S/c1-17-6-7-20-11(9-17)8-16-10-2-4-12(5-3-10)21(18,19)13(14)15/h2-5,11,13,16H,6-9H2,1H3. The van der Waals surface area contributed by atoms with Crippen LogP contribution in [0, 0.1) is 0 Å². The number of morpholine rings is 1. The number of alkyl halides is 2. The van der Waals surface area contributed by atoms with Crippen LogP contribution in [-0.2, 0) is 14.6 Å². The van der Waals surface area contributed by atoms with E-state index in [1.54, 1.807) is 0 Å². The normalized spacial score (nSPS) is 20.7. The van der Waals surface area contributed by atoms with Crippen LogP contribution in [0.3, 0.4) is 0 Å². The maximum Gasteiger partial charge on any atom is 0.341 e. The van der Waals surface area contributed by atoms with Crippen LogP contribution < -0.4 is 5.32 Å². The molecule has 1 atom stereocenters. The predicted octanol–water partition coefficient (Wildman–Crippen LogP) is 1.43. The summed E-state index contributed by atoms with van der Waals surface area (Å²) < 4.78 is 53.0. The highest BCUT2D eigenvalue weighted by atomic mass is 32.2. The molecule has 0 spiro atoms. The molecule has 1 unspecified atom stereocenters. The number of ether oxygens (including phenoxy) is 1. The summed E-state index contributed by atoms with van der Waals surface area (Å²) in [6, 6.07) is 5.30. The SMILES string of the molecule is CN1CCOC(CNc2ccc(S(=O)(=O)C(F)F)cc2)C1. The average molecular weight is 320 g/mol. The van der Waals surface area contributed by atoms with E-state index in [2.05, 4.69) is 10.2 Å². The molecule has 1 aliphatic heterocycles. The Morgan fingerprint density at radius 3 is 2.62 bits per heavy atom. The van der Waals surface area contributed by atoms with Crippen LogP contribution in [0.1, 0.15) is 0 Å². The maximum atomic E-state index is 12.4. The molecule has 8 heteroatoms. The van der Waals surface area contributed by atoms with Gasteiger partial charge in [0.05, 0.1) is 17.6 Å². The molecule has 5 nitrogen and oxygen atoms in total. The van der Waals surface area contributed by atoms with Gasteiger partial charge in [-0.2, -0.15) is 8.78 Å². The smallest absolute Gasteiger partial charge is 0.341 e. The number of rotatable bonds is 5. The van der Waals surface area contributed by atoms with E-state index in [9.17, 15) is 17.2 Å². The molecule has 0 bridgehead atoms. The van der Waals surface area contributed by atoms with Gasteiger partial charge in [0.1, 0.15) is 0 Å². The number of likely N-dealkylation sites (N-methyl/N-ethyl adjacent to an activating group) is 1. The van der Waals surface area contributed by atoms with E-state index in [4.69, 9.17) is 4.74 Å². The minimum absolute atomic E-state index is 0.0493. The monoisotopic (exact) mass is 320 g/mol. The lowest BCUT2D eigenvalue weighted by Crippen LogP contribution is -2.43. The molecule has 0 aliphatic carbocycles. The van der Waals surface area contributed by atoms with E-state index < -0.39 is 15.6 Å². The molecule has 0 saturated carbocycles. The third-order valence-electron chi connectivity index (χ3n) is 3.29. The summed E-state index contributed by atoms with van der Waals surface area (Å²) in [4.78, 5) is 1.78. The van der Waals surface area contributed by atoms with Gasteiger partial charge in [0.25, 0.3) is 0 Å². The number of benzene rings is 1. The van der Waals surface area contributed by atoms with Gasteiger partial charge in [0.2, 0.25) is 9.84 Å². The average Bonchev–Trinajstić information content (AvgIpc) is 2.45.